The van der Waals surface area contributed by atoms with Crippen molar-refractivity contribution in [2.24, 2.45) is 0 Å². The summed E-state index contributed by atoms with van der Waals surface area (Å²) in [6, 6.07) is 4.49. The zero-order valence-corrected chi connectivity index (χ0v) is 15.3. The monoisotopic (exact) mass is 392 g/mol. The zero-order valence-electron chi connectivity index (χ0n) is 12.5. The Morgan fingerprint density at radius 1 is 1.30 bits per heavy atom. The Balaban J connectivity index is 0.00000264. The van der Waals surface area contributed by atoms with Gasteiger partial charge < -0.3 is 19.3 Å². The number of rotatable bonds is 5. The van der Waals surface area contributed by atoms with Gasteiger partial charge in [-0.1, -0.05) is 6.07 Å². The van der Waals surface area contributed by atoms with Crippen LogP contribution in [0, 0.1) is 0 Å². The van der Waals surface area contributed by atoms with Crippen LogP contribution in [0.4, 0.5) is 0 Å². The van der Waals surface area contributed by atoms with E-state index >= 15 is 0 Å². The van der Waals surface area contributed by atoms with Crippen molar-refractivity contribution in [3.63, 3.8) is 0 Å². The van der Waals surface area contributed by atoms with Crippen molar-refractivity contribution < 1.29 is 56.8 Å². The minimum Gasteiger partial charge on any atom is -0.503 e. The number of aromatic nitrogens is 3. The Kier molecular flexibility index (Phi) is 7.57. The first-order valence-corrected chi connectivity index (χ1v) is 6.11. The molecule has 0 saturated heterocycles. The van der Waals surface area contributed by atoms with Gasteiger partial charge in [0.05, 0.1) is 26.0 Å². The Bertz CT molecular complexity index is 708. The molecule has 0 amide bonds. The zero-order chi connectivity index (χ0) is 15.9. The molecule has 2 rings (SSSR count). The Morgan fingerprint density at radius 3 is 2.74 bits per heavy atom. The minimum absolute atomic E-state index is 0. The maximum Gasteiger partial charge on any atom is 0.341 e. The second-order valence-corrected chi connectivity index (χ2v) is 3.94. The molecule has 0 spiro atoms. The summed E-state index contributed by atoms with van der Waals surface area (Å²) >= 11 is 0. The Labute approximate surface area is 157 Å². The van der Waals surface area contributed by atoms with Crippen LogP contribution < -0.4 is 4.74 Å². The molecular weight excluding hydrogens is 379 g/mol. The fraction of sp³-hybridized carbons (Fsp3) is 0.143. The molecule has 1 radical (unpaired) electrons. The van der Waals surface area contributed by atoms with Gasteiger partial charge in [0.15, 0.2) is 0 Å². The summed E-state index contributed by atoms with van der Waals surface area (Å²) < 4.78 is 15.1. The van der Waals surface area contributed by atoms with Gasteiger partial charge in [0, 0.05) is 51.0 Å². The molecule has 2 aromatic rings. The number of carbonyl (C=O) groups is 1. The SMILES string of the molecule is CO/C=C(/C(=O)OC)c1cncnc1Oc1cccc(O)n1.[Y]. The number of pyridine rings is 1. The van der Waals surface area contributed by atoms with Gasteiger partial charge in [-0.05, 0) is 0 Å². The van der Waals surface area contributed by atoms with E-state index in [1.165, 1.54) is 45.1 Å². The quantitative estimate of drug-likeness (QED) is 0.464. The van der Waals surface area contributed by atoms with Gasteiger partial charge in [0.2, 0.25) is 17.6 Å². The number of carbonyl (C=O) groups excluding carboxylic acids is 1. The van der Waals surface area contributed by atoms with Gasteiger partial charge >= 0.3 is 5.97 Å². The molecule has 0 aromatic carbocycles. The molecule has 2 aromatic heterocycles. The number of nitrogens with zero attached hydrogens (tertiary/aromatic N) is 3. The summed E-state index contributed by atoms with van der Waals surface area (Å²) in [4.78, 5) is 23.4. The molecule has 9 heteroatoms. The van der Waals surface area contributed by atoms with E-state index in [-0.39, 0.29) is 61.5 Å². The van der Waals surface area contributed by atoms with Crippen molar-refractivity contribution in [3.05, 3.63) is 42.5 Å². The molecule has 0 aliphatic rings. The standard InChI is InChI=1S/C14H13N3O5.Y/c1-20-7-10(14(19)21-2)9-6-15-8-16-13(9)22-12-5-3-4-11(18)17-12;/h3-8H,1-2H3,(H,17,18);/b10-7+;. The maximum atomic E-state index is 11.8. The van der Waals surface area contributed by atoms with Gasteiger partial charge in [-0.3, -0.25) is 0 Å². The van der Waals surface area contributed by atoms with Crippen LogP contribution in [0.2, 0.25) is 0 Å². The molecule has 1 N–H and O–H groups in total. The molecule has 23 heavy (non-hydrogen) atoms. The van der Waals surface area contributed by atoms with Crippen LogP contribution in [-0.2, 0) is 47.0 Å². The van der Waals surface area contributed by atoms with Crippen LogP contribution in [0.1, 0.15) is 5.56 Å². The second-order valence-electron chi connectivity index (χ2n) is 3.94. The summed E-state index contributed by atoms with van der Waals surface area (Å²) in [5.74, 6) is -0.650. The topological polar surface area (TPSA) is 104 Å². The molecule has 0 bridgehead atoms. The first-order chi connectivity index (χ1) is 10.7. The van der Waals surface area contributed by atoms with Gasteiger partial charge in [-0.25, -0.2) is 14.8 Å². The van der Waals surface area contributed by atoms with E-state index in [1.807, 2.05) is 0 Å². The van der Waals surface area contributed by atoms with Crippen LogP contribution in [0.15, 0.2) is 37.0 Å². The predicted molar refractivity (Wildman–Crippen MR) is 75.0 cm³/mol. The van der Waals surface area contributed by atoms with Crippen molar-refractivity contribution in [1.29, 1.82) is 0 Å². The number of hydrogen-bond acceptors (Lipinski definition) is 8. The third kappa shape index (κ3) is 4.97. The molecule has 117 valence electrons. The third-order valence-electron chi connectivity index (χ3n) is 2.52. The van der Waals surface area contributed by atoms with Crippen LogP contribution in [0.3, 0.4) is 0 Å². The number of esters is 1. The van der Waals surface area contributed by atoms with Crippen LogP contribution in [0.5, 0.6) is 17.6 Å². The molecular formula is C14H13N3O5Y. The number of methoxy groups -OCH3 is 2. The number of hydrogen-bond donors (Lipinski definition) is 1. The second kappa shape index (κ2) is 9.17. The predicted octanol–water partition coefficient (Wildman–Crippen LogP) is 1.53. The van der Waals surface area contributed by atoms with Crippen molar-refractivity contribution in [2.45, 2.75) is 0 Å². The first-order valence-electron chi connectivity index (χ1n) is 6.11. The van der Waals surface area contributed by atoms with Crippen LogP contribution in [0.25, 0.3) is 5.57 Å². The van der Waals surface area contributed by atoms with E-state index < -0.39 is 5.97 Å². The molecule has 8 nitrogen and oxygen atoms in total. The van der Waals surface area contributed by atoms with Crippen molar-refractivity contribution in [2.75, 3.05) is 14.2 Å². The third-order valence-corrected chi connectivity index (χ3v) is 2.52. The Hall–Kier alpha value is -2.06. The van der Waals surface area contributed by atoms with Crippen molar-refractivity contribution >= 4 is 11.5 Å². The van der Waals surface area contributed by atoms with E-state index in [9.17, 15) is 9.90 Å². The van der Waals surface area contributed by atoms with E-state index in [4.69, 9.17) is 9.47 Å². The minimum atomic E-state index is -0.634. The van der Waals surface area contributed by atoms with Gasteiger partial charge in [0.1, 0.15) is 11.9 Å². The van der Waals surface area contributed by atoms with Gasteiger partial charge in [-0.15, -0.1) is 0 Å². The fourth-order valence-electron chi connectivity index (χ4n) is 1.59. The largest absolute Gasteiger partial charge is 0.503 e. The molecule has 0 unspecified atom stereocenters. The van der Waals surface area contributed by atoms with Gasteiger partial charge in [-0.2, -0.15) is 4.98 Å². The first kappa shape index (κ1) is 19.0. The molecule has 0 atom stereocenters. The molecule has 0 saturated carbocycles. The van der Waals surface area contributed by atoms with E-state index in [2.05, 4.69) is 19.7 Å². The molecule has 2 heterocycles. The summed E-state index contributed by atoms with van der Waals surface area (Å²) in [7, 11) is 2.64. The van der Waals surface area contributed by atoms with E-state index in [1.54, 1.807) is 6.07 Å². The number of aromatic hydroxyl groups is 1. The fourth-order valence-corrected chi connectivity index (χ4v) is 1.59. The smallest absolute Gasteiger partial charge is 0.341 e. The Morgan fingerprint density at radius 2 is 2.09 bits per heavy atom. The van der Waals surface area contributed by atoms with Crippen molar-refractivity contribution in [1.82, 2.24) is 15.0 Å². The molecule has 0 aliphatic heterocycles. The van der Waals surface area contributed by atoms with Crippen LogP contribution in [-0.4, -0.2) is 40.2 Å². The average molecular weight is 392 g/mol. The molecule has 0 fully saturated rings. The summed E-state index contributed by atoms with van der Waals surface area (Å²) in [6.45, 7) is 0. The average Bonchev–Trinajstić information content (AvgIpc) is 2.53. The van der Waals surface area contributed by atoms with E-state index in [0.29, 0.717) is 0 Å². The van der Waals surface area contributed by atoms with Crippen molar-refractivity contribution in [3.8, 4) is 17.6 Å². The normalized spacial score (nSPS) is 10.4. The summed E-state index contributed by atoms with van der Waals surface area (Å²) in [5, 5.41) is 9.35. The maximum absolute atomic E-state index is 11.8. The summed E-state index contributed by atoms with van der Waals surface area (Å²) in [6.07, 6.45) is 3.84. The number of ether oxygens (including phenoxy) is 3. The van der Waals surface area contributed by atoms with Gasteiger partial charge in [0.25, 0.3) is 0 Å². The molecule has 0 aliphatic carbocycles. The summed E-state index contributed by atoms with van der Waals surface area (Å²) in [5.41, 5.74) is 0.349. The van der Waals surface area contributed by atoms with Crippen LogP contribution >= 0.6 is 0 Å². The van der Waals surface area contributed by atoms with E-state index in [0.717, 1.165) is 0 Å².